The minimum absolute atomic E-state index is 0.0181. The molecule has 2 aliphatic heterocycles. The third-order valence-corrected chi connectivity index (χ3v) is 9.06. The van der Waals surface area contributed by atoms with Crippen LogP contribution in [0.15, 0.2) is 55.4 Å². The van der Waals surface area contributed by atoms with E-state index >= 15 is 0 Å². The van der Waals surface area contributed by atoms with E-state index in [1.54, 1.807) is 0 Å². The molecule has 2 saturated heterocycles. The van der Waals surface area contributed by atoms with Crippen LogP contribution in [0.3, 0.4) is 0 Å². The smallest absolute Gasteiger partial charge is 0.309 e. The number of nitrogens with one attached hydrogen (secondary N) is 1. The van der Waals surface area contributed by atoms with Gasteiger partial charge in [0.05, 0.1) is 25.9 Å². The van der Waals surface area contributed by atoms with E-state index < -0.39 is 0 Å². The van der Waals surface area contributed by atoms with Crippen LogP contribution in [-0.2, 0) is 35.6 Å². The number of benzene rings is 1. The molecule has 0 bridgehead atoms. The van der Waals surface area contributed by atoms with Crippen LogP contribution in [0.1, 0.15) is 62.5 Å². The number of carbonyl (C=O) groups excluding carboxylic acids is 1. The highest BCUT2D eigenvalue weighted by molar-refractivity contribution is 5.72. The molecule has 2 aromatic heterocycles. The Bertz CT molecular complexity index is 1250. The molecule has 2 aliphatic rings. The number of esters is 1. The largest absolute Gasteiger partial charge is 0.469 e. The summed E-state index contributed by atoms with van der Waals surface area (Å²) in [5.74, 6) is 1.58. The van der Waals surface area contributed by atoms with E-state index in [1.807, 2.05) is 37.1 Å². The van der Waals surface area contributed by atoms with Crippen LogP contribution in [0, 0.1) is 11.3 Å². The molecule has 1 aromatic carbocycles. The summed E-state index contributed by atoms with van der Waals surface area (Å²) in [4.78, 5) is 26.2. The van der Waals surface area contributed by atoms with Crippen LogP contribution >= 0.6 is 0 Å². The van der Waals surface area contributed by atoms with E-state index in [2.05, 4.69) is 61.4 Å². The lowest BCUT2D eigenvalue weighted by Crippen LogP contribution is -2.42. The molecule has 3 aromatic rings. The van der Waals surface area contributed by atoms with Crippen molar-refractivity contribution in [3.63, 3.8) is 0 Å². The highest BCUT2D eigenvalue weighted by Gasteiger charge is 2.40. The summed E-state index contributed by atoms with van der Waals surface area (Å²) >= 11 is 0. The van der Waals surface area contributed by atoms with Gasteiger partial charge in [-0.1, -0.05) is 38.1 Å². The standard InChI is InChI=1S/C33H49N7O2/c1-27(2)23-37-15-8-33(9-16-37)10-17-38(25-33)13-5-14-40-19-12-35-32(40)30(24-39-18-11-34-26-39)36-22-29-7-4-6-28(20-29)21-31(41)42-3/h4,6-7,11-12,18-20,26-27,30,36H,5,8-10,13-17,21-25H2,1-3H3. The van der Waals surface area contributed by atoms with Crippen molar-refractivity contribution in [3.05, 3.63) is 72.3 Å². The molecule has 1 unspecified atom stereocenters. The van der Waals surface area contributed by atoms with E-state index in [0.717, 1.165) is 48.9 Å². The number of hydrogen-bond acceptors (Lipinski definition) is 7. The maximum Gasteiger partial charge on any atom is 0.309 e. The summed E-state index contributed by atoms with van der Waals surface area (Å²) in [6, 6.07) is 8.14. The topological polar surface area (TPSA) is 80.4 Å². The molecule has 0 saturated carbocycles. The first kappa shape index (κ1) is 30.4. The zero-order chi connectivity index (χ0) is 29.4. The normalized spacial score (nSPS) is 18.2. The van der Waals surface area contributed by atoms with Crippen molar-refractivity contribution >= 4 is 5.97 Å². The Balaban J connectivity index is 1.16. The first-order valence-corrected chi connectivity index (χ1v) is 15.7. The molecule has 1 atom stereocenters. The Morgan fingerprint density at radius 1 is 1.02 bits per heavy atom. The molecule has 1 N–H and O–H groups in total. The molecule has 4 heterocycles. The lowest BCUT2D eigenvalue weighted by Gasteiger charge is -2.40. The molecule has 228 valence electrons. The van der Waals surface area contributed by atoms with Gasteiger partial charge in [-0.05, 0) is 74.3 Å². The van der Waals surface area contributed by atoms with Gasteiger partial charge in [0, 0.05) is 57.5 Å². The molecule has 0 radical (unpaired) electrons. The van der Waals surface area contributed by atoms with Crippen LogP contribution in [0.4, 0.5) is 0 Å². The number of imidazole rings is 2. The van der Waals surface area contributed by atoms with Gasteiger partial charge in [0.1, 0.15) is 5.82 Å². The average molecular weight is 576 g/mol. The van der Waals surface area contributed by atoms with E-state index in [-0.39, 0.29) is 18.4 Å². The van der Waals surface area contributed by atoms with Gasteiger partial charge in [-0.3, -0.25) is 4.79 Å². The summed E-state index contributed by atoms with van der Waals surface area (Å²) in [6.07, 6.45) is 15.2. The quantitative estimate of drug-likeness (QED) is 0.289. The van der Waals surface area contributed by atoms with Gasteiger partial charge in [-0.15, -0.1) is 0 Å². The second-order valence-corrected chi connectivity index (χ2v) is 12.8. The van der Waals surface area contributed by atoms with E-state index in [4.69, 9.17) is 9.72 Å². The van der Waals surface area contributed by atoms with Crippen molar-refractivity contribution in [2.24, 2.45) is 11.3 Å². The third-order valence-electron chi connectivity index (χ3n) is 9.06. The number of methoxy groups -OCH3 is 1. The second kappa shape index (κ2) is 14.4. The molecule has 5 rings (SSSR count). The first-order chi connectivity index (χ1) is 20.4. The Hall–Kier alpha value is -3.01. The number of aromatic nitrogens is 4. The fraction of sp³-hybridized carbons (Fsp3) is 0.606. The number of likely N-dealkylation sites (tertiary alicyclic amines) is 2. The van der Waals surface area contributed by atoms with Gasteiger partial charge < -0.3 is 29.0 Å². The van der Waals surface area contributed by atoms with Crippen LogP contribution in [0.5, 0.6) is 0 Å². The Labute approximate surface area is 251 Å². The molecule has 9 nitrogen and oxygen atoms in total. The van der Waals surface area contributed by atoms with Crippen molar-refractivity contribution in [1.82, 2.24) is 34.2 Å². The van der Waals surface area contributed by atoms with Crippen LogP contribution in [-0.4, -0.2) is 81.2 Å². The molecular weight excluding hydrogens is 526 g/mol. The zero-order valence-corrected chi connectivity index (χ0v) is 25.8. The number of aryl methyl sites for hydroxylation is 1. The van der Waals surface area contributed by atoms with Gasteiger partial charge in [0.15, 0.2) is 0 Å². The molecule has 42 heavy (non-hydrogen) atoms. The van der Waals surface area contributed by atoms with Crippen molar-refractivity contribution in [3.8, 4) is 0 Å². The maximum absolute atomic E-state index is 11.8. The number of ether oxygens (including phenoxy) is 1. The highest BCUT2D eigenvalue weighted by atomic mass is 16.5. The van der Waals surface area contributed by atoms with Gasteiger partial charge in [-0.2, -0.15) is 0 Å². The SMILES string of the molecule is COC(=O)Cc1cccc(CNC(Cn2ccnc2)c2nccn2CCCN2CCC3(CCN(CC(C)C)CC3)C2)c1. The van der Waals surface area contributed by atoms with E-state index in [0.29, 0.717) is 12.0 Å². The van der Waals surface area contributed by atoms with Gasteiger partial charge in [0.2, 0.25) is 0 Å². The predicted octanol–water partition coefficient (Wildman–Crippen LogP) is 4.16. The monoisotopic (exact) mass is 575 g/mol. The average Bonchev–Trinajstić information content (AvgIpc) is 3.75. The summed E-state index contributed by atoms with van der Waals surface area (Å²) in [6.45, 7) is 14.4. The van der Waals surface area contributed by atoms with Crippen molar-refractivity contribution < 1.29 is 9.53 Å². The molecule has 1 spiro atoms. The number of hydrogen-bond donors (Lipinski definition) is 1. The minimum atomic E-state index is -0.226. The molecule has 0 amide bonds. The van der Waals surface area contributed by atoms with Crippen molar-refractivity contribution in [2.45, 2.75) is 71.6 Å². The number of piperidine rings is 1. The van der Waals surface area contributed by atoms with E-state index in [9.17, 15) is 4.79 Å². The lowest BCUT2D eigenvalue weighted by atomic mass is 9.77. The molecule has 0 aliphatic carbocycles. The molecular formula is C33H49N7O2. The second-order valence-electron chi connectivity index (χ2n) is 12.8. The predicted molar refractivity (Wildman–Crippen MR) is 165 cm³/mol. The van der Waals surface area contributed by atoms with Crippen molar-refractivity contribution in [2.75, 3.05) is 46.4 Å². The lowest BCUT2D eigenvalue weighted by molar-refractivity contribution is -0.139. The van der Waals surface area contributed by atoms with E-state index in [1.165, 1.54) is 59.1 Å². The van der Waals surface area contributed by atoms with Crippen molar-refractivity contribution in [1.29, 1.82) is 0 Å². The fourth-order valence-electron chi connectivity index (χ4n) is 6.81. The molecule has 2 fully saturated rings. The van der Waals surface area contributed by atoms with Crippen LogP contribution < -0.4 is 5.32 Å². The number of carbonyl (C=O) groups is 1. The number of nitrogens with zero attached hydrogens (tertiary/aromatic N) is 6. The molecule has 9 heteroatoms. The third kappa shape index (κ3) is 8.30. The number of rotatable bonds is 14. The highest BCUT2D eigenvalue weighted by Crippen LogP contribution is 2.40. The summed E-state index contributed by atoms with van der Waals surface area (Å²) < 4.78 is 9.26. The van der Waals surface area contributed by atoms with Crippen LogP contribution in [0.2, 0.25) is 0 Å². The first-order valence-electron chi connectivity index (χ1n) is 15.7. The Kier molecular flexibility index (Phi) is 10.5. The Morgan fingerprint density at radius 2 is 1.81 bits per heavy atom. The summed E-state index contributed by atoms with van der Waals surface area (Å²) in [5, 5.41) is 3.73. The van der Waals surface area contributed by atoms with Gasteiger partial charge >= 0.3 is 5.97 Å². The fourth-order valence-corrected chi connectivity index (χ4v) is 6.81. The maximum atomic E-state index is 11.8. The van der Waals surface area contributed by atoms with Gasteiger partial charge in [-0.25, -0.2) is 9.97 Å². The van der Waals surface area contributed by atoms with Gasteiger partial charge in [0.25, 0.3) is 0 Å². The summed E-state index contributed by atoms with van der Waals surface area (Å²) in [5.41, 5.74) is 2.63. The van der Waals surface area contributed by atoms with Crippen LogP contribution in [0.25, 0.3) is 0 Å². The minimum Gasteiger partial charge on any atom is -0.469 e. The zero-order valence-electron chi connectivity index (χ0n) is 25.8. The summed E-state index contributed by atoms with van der Waals surface area (Å²) in [7, 11) is 1.43. The Morgan fingerprint density at radius 3 is 2.55 bits per heavy atom.